The molecule has 3 aromatic heterocycles. The number of aryl methyl sites for hydroxylation is 2. The first kappa shape index (κ1) is 15.8. The van der Waals surface area contributed by atoms with Crippen molar-refractivity contribution in [2.24, 2.45) is 7.05 Å². The molecule has 23 heavy (non-hydrogen) atoms. The number of thiophene rings is 1. The van der Waals surface area contributed by atoms with Crippen LogP contribution in [0.2, 0.25) is 0 Å². The molecule has 0 aliphatic carbocycles. The third-order valence-electron chi connectivity index (χ3n) is 3.21. The topological polar surface area (TPSA) is 90.0 Å². The van der Waals surface area contributed by atoms with E-state index in [1.165, 1.54) is 27.7 Å². The molecule has 0 spiro atoms. The Labute approximate surface area is 139 Å². The average Bonchev–Trinajstić information content (AvgIpc) is 3.09. The van der Waals surface area contributed by atoms with Gasteiger partial charge in [-0.05, 0) is 19.9 Å². The van der Waals surface area contributed by atoms with Crippen molar-refractivity contribution in [3.05, 3.63) is 34.1 Å². The number of fused-ring (bicyclic) bond motifs is 1. The third kappa shape index (κ3) is 3.30. The van der Waals surface area contributed by atoms with Crippen LogP contribution in [0.4, 0.5) is 5.82 Å². The Morgan fingerprint density at radius 1 is 1.43 bits per heavy atom. The molecule has 0 unspecified atom stereocenters. The molecule has 120 valence electrons. The van der Waals surface area contributed by atoms with Gasteiger partial charge in [0.05, 0.1) is 15.3 Å². The standard InChI is InChI=1S/C14H14N4O3S2/c1-7-4-10(17-21-7)16-11(19)6-22-12-5-9-13(23-12)15-8(2)18(3)14(9)20/h4-5H,6H2,1-3H3,(H,16,17,19). The smallest absolute Gasteiger partial charge is 0.262 e. The van der Waals surface area contributed by atoms with Crippen LogP contribution in [0.3, 0.4) is 0 Å². The summed E-state index contributed by atoms with van der Waals surface area (Å²) in [6.07, 6.45) is 0. The number of carbonyl (C=O) groups is 1. The fraction of sp³-hybridized carbons (Fsp3) is 0.286. The summed E-state index contributed by atoms with van der Waals surface area (Å²) in [5.74, 6) is 1.74. The summed E-state index contributed by atoms with van der Waals surface area (Å²) in [7, 11) is 1.70. The van der Waals surface area contributed by atoms with Crippen LogP contribution in [0.25, 0.3) is 10.2 Å². The highest BCUT2D eigenvalue weighted by Gasteiger charge is 2.12. The number of rotatable bonds is 4. The second kappa shape index (κ2) is 6.17. The molecule has 7 nitrogen and oxygen atoms in total. The van der Waals surface area contributed by atoms with E-state index in [1.54, 1.807) is 33.0 Å². The first-order valence-corrected chi connectivity index (χ1v) is 8.57. The summed E-state index contributed by atoms with van der Waals surface area (Å²) < 4.78 is 7.28. The maximum absolute atomic E-state index is 12.2. The highest BCUT2D eigenvalue weighted by molar-refractivity contribution is 8.01. The first-order chi connectivity index (χ1) is 10.9. The van der Waals surface area contributed by atoms with E-state index >= 15 is 0 Å². The molecule has 1 N–H and O–H groups in total. The quantitative estimate of drug-likeness (QED) is 0.726. The van der Waals surface area contributed by atoms with Gasteiger partial charge in [0.1, 0.15) is 16.4 Å². The maximum Gasteiger partial charge on any atom is 0.262 e. The minimum Gasteiger partial charge on any atom is -0.360 e. The number of nitrogens with zero attached hydrogens (tertiary/aromatic N) is 3. The molecule has 0 fully saturated rings. The largest absolute Gasteiger partial charge is 0.360 e. The van der Waals surface area contributed by atoms with E-state index < -0.39 is 0 Å². The van der Waals surface area contributed by atoms with Crippen molar-refractivity contribution in [3.63, 3.8) is 0 Å². The number of anilines is 1. The fourth-order valence-electron chi connectivity index (χ4n) is 1.96. The molecule has 0 bridgehead atoms. The van der Waals surface area contributed by atoms with Crippen molar-refractivity contribution in [2.45, 2.75) is 18.1 Å². The van der Waals surface area contributed by atoms with Crippen LogP contribution in [0.1, 0.15) is 11.6 Å². The van der Waals surface area contributed by atoms with Gasteiger partial charge >= 0.3 is 0 Å². The van der Waals surface area contributed by atoms with Gasteiger partial charge in [-0.25, -0.2) is 4.98 Å². The zero-order valence-corrected chi connectivity index (χ0v) is 14.4. The third-order valence-corrected chi connectivity index (χ3v) is 5.45. The molecule has 0 atom stereocenters. The molecule has 3 aromatic rings. The van der Waals surface area contributed by atoms with Crippen molar-refractivity contribution < 1.29 is 9.32 Å². The lowest BCUT2D eigenvalue weighted by Gasteiger charge is -2.00. The number of carbonyl (C=O) groups excluding carboxylic acids is 1. The van der Waals surface area contributed by atoms with Gasteiger partial charge in [0, 0.05) is 13.1 Å². The Morgan fingerprint density at radius 3 is 2.91 bits per heavy atom. The Morgan fingerprint density at radius 2 is 2.22 bits per heavy atom. The maximum atomic E-state index is 12.2. The van der Waals surface area contributed by atoms with Gasteiger partial charge in [0.25, 0.3) is 5.56 Å². The summed E-state index contributed by atoms with van der Waals surface area (Å²) in [6.45, 7) is 3.55. The second-order valence-corrected chi connectivity index (χ2v) is 7.27. The predicted octanol–water partition coefficient (Wildman–Crippen LogP) is 2.33. The number of nitrogens with one attached hydrogen (secondary N) is 1. The minimum absolute atomic E-state index is 0.0712. The van der Waals surface area contributed by atoms with Gasteiger partial charge in [-0.3, -0.25) is 14.2 Å². The summed E-state index contributed by atoms with van der Waals surface area (Å²) in [6, 6.07) is 3.44. The lowest BCUT2D eigenvalue weighted by Crippen LogP contribution is -2.19. The Hall–Kier alpha value is -2.13. The average molecular weight is 350 g/mol. The summed E-state index contributed by atoms with van der Waals surface area (Å²) in [5.41, 5.74) is -0.0712. The summed E-state index contributed by atoms with van der Waals surface area (Å²) in [4.78, 5) is 29.2. The van der Waals surface area contributed by atoms with Crippen LogP contribution >= 0.6 is 23.1 Å². The molecule has 0 aliphatic heterocycles. The number of hydrogen-bond acceptors (Lipinski definition) is 7. The second-order valence-electron chi connectivity index (χ2n) is 4.97. The lowest BCUT2D eigenvalue weighted by atomic mass is 10.4. The van der Waals surface area contributed by atoms with Crippen LogP contribution < -0.4 is 10.9 Å². The van der Waals surface area contributed by atoms with Crippen LogP contribution in [0.15, 0.2) is 25.7 Å². The molecule has 1 amide bonds. The number of thioether (sulfide) groups is 1. The Bertz CT molecular complexity index is 941. The Kier molecular flexibility index (Phi) is 4.22. The van der Waals surface area contributed by atoms with E-state index in [0.717, 1.165) is 4.21 Å². The van der Waals surface area contributed by atoms with Gasteiger partial charge in [-0.15, -0.1) is 23.1 Å². The van der Waals surface area contributed by atoms with Gasteiger partial charge in [-0.1, -0.05) is 5.16 Å². The van der Waals surface area contributed by atoms with Gasteiger partial charge < -0.3 is 9.84 Å². The Balaban J connectivity index is 1.71. The monoisotopic (exact) mass is 350 g/mol. The normalized spacial score (nSPS) is 11.1. The van der Waals surface area contributed by atoms with Crippen LogP contribution in [-0.4, -0.2) is 26.4 Å². The van der Waals surface area contributed by atoms with E-state index in [1.807, 2.05) is 0 Å². The highest BCUT2D eigenvalue weighted by atomic mass is 32.2. The van der Waals surface area contributed by atoms with Crippen LogP contribution in [0, 0.1) is 13.8 Å². The van der Waals surface area contributed by atoms with E-state index in [-0.39, 0.29) is 17.2 Å². The molecule has 3 heterocycles. The zero-order valence-electron chi connectivity index (χ0n) is 12.7. The summed E-state index contributed by atoms with van der Waals surface area (Å²) in [5, 5.41) is 6.95. The van der Waals surface area contributed by atoms with E-state index in [9.17, 15) is 9.59 Å². The predicted molar refractivity (Wildman–Crippen MR) is 90.2 cm³/mol. The molecule has 9 heteroatoms. The number of hydrogen-bond donors (Lipinski definition) is 1. The molecule has 0 saturated carbocycles. The van der Waals surface area contributed by atoms with E-state index in [2.05, 4.69) is 15.5 Å². The summed E-state index contributed by atoms with van der Waals surface area (Å²) >= 11 is 2.77. The van der Waals surface area contributed by atoms with Crippen LogP contribution in [0.5, 0.6) is 0 Å². The van der Waals surface area contributed by atoms with Crippen LogP contribution in [-0.2, 0) is 11.8 Å². The molecule has 0 radical (unpaired) electrons. The van der Waals surface area contributed by atoms with E-state index in [0.29, 0.717) is 27.6 Å². The molecular weight excluding hydrogens is 336 g/mol. The molecule has 0 aliphatic rings. The van der Waals surface area contributed by atoms with Gasteiger partial charge in [0.2, 0.25) is 5.91 Å². The van der Waals surface area contributed by atoms with Crippen molar-refractivity contribution in [1.29, 1.82) is 0 Å². The minimum atomic E-state index is -0.183. The lowest BCUT2D eigenvalue weighted by molar-refractivity contribution is -0.113. The molecular formula is C14H14N4O3S2. The molecule has 0 saturated heterocycles. The zero-order chi connectivity index (χ0) is 16.6. The SMILES string of the molecule is Cc1cc(NC(=O)CSc2cc3c(=O)n(C)c(C)nc3s2)no1. The first-order valence-electron chi connectivity index (χ1n) is 6.77. The molecule has 0 aromatic carbocycles. The molecule has 3 rings (SSSR count). The number of aromatic nitrogens is 3. The van der Waals surface area contributed by atoms with Crippen molar-refractivity contribution in [3.8, 4) is 0 Å². The highest BCUT2D eigenvalue weighted by Crippen LogP contribution is 2.30. The van der Waals surface area contributed by atoms with Crippen molar-refractivity contribution in [1.82, 2.24) is 14.7 Å². The van der Waals surface area contributed by atoms with Crippen molar-refractivity contribution in [2.75, 3.05) is 11.1 Å². The van der Waals surface area contributed by atoms with Gasteiger partial charge in [0.15, 0.2) is 5.82 Å². The van der Waals surface area contributed by atoms with Crippen molar-refractivity contribution >= 4 is 45.0 Å². The van der Waals surface area contributed by atoms with E-state index in [4.69, 9.17) is 4.52 Å². The van der Waals surface area contributed by atoms with Gasteiger partial charge in [-0.2, -0.15) is 0 Å². The fourth-order valence-corrected chi connectivity index (χ4v) is 3.95. The number of amides is 1.